The van der Waals surface area contributed by atoms with Crippen molar-refractivity contribution in [2.45, 2.75) is 13.8 Å². The maximum Gasteiger partial charge on any atom is 0.272 e. The van der Waals surface area contributed by atoms with E-state index in [1.165, 1.54) is 12.3 Å². The Morgan fingerprint density at radius 3 is 2.54 bits per heavy atom. The predicted molar refractivity (Wildman–Crippen MR) is 101 cm³/mol. The highest BCUT2D eigenvalue weighted by Crippen LogP contribution is 2.21. The predicted octanol–water partition coefficient (Wildman–Crippen LogP) is 3.36. The van der Waals surface area contributed by atoms with Crippen LogP contribution in [0.1, 0.15) is 34.7 Å². The van der Waals surface area contributed by atoms with Crippen molar-refractivity contribution in [1.82, 2.24) is 14.9 Å². The Labute approximate surface area is 151 Å². The number of nitrogens with zero attached hydrogens (tertiary/aromatic N) is 3. The maximum atomic E-state index is 12.6. The van der Waals surface area contributed by atoms with Gasteiger partial charge in [-0.05, 0) is 38.1 Å². The lowest BCUT2D eigenvalue weighted by molar-refractivity contribution is 0.0767. The van der Waals surface area contributed by atoms with Gasteiger partial charge in [-0.2, -0.15) is 0 Å². The van der Waals surface area contributed by atoms with Gasteiger partial charge in [0.1, 0.15) is 5.69 Å². The Bertz CT molecular complexity index is 946. The summed E-state index contributed by atoms with van der Waals surface area (Å²) in [6.07, 6.45) is 3.16. The molecule has 2 heterocycles. The molecular formula is C20H20N4O2. The van der Waals surface area contributed by atoms with Crippen LogP contribution in [0.2, 0.25) is 0 Å². The number of nitrogens with one attached hydrogen (secondary N) is 1. The van der Waals surface area contributed by atoms with Gasteiger partial charge < -0.3 is 10.2 Å². The van der Waals surface area contributed by atoms with Gasteiger partial charge in [-0.3, -0.25) is 19.6 Å². The summed E-state index contributed by atoms with van der Waals surface area (Å²) in [6, 6.07) is 12.5. The number of benzene rings is 1. The van der Waals surface area contributed by atoms with Gasteiger partial charge in [0.25, 0.3) is 11.8 Å². The fourth-order valence-corrected chi connectivity index (χ4v) is 2.76. The molecule has 1 N–H and O–H groups in total. The van der Waals surface area contributed by atoms with E-state index in [1.807, 2.05) is 38.1 Å². The minimum absolute atomic E-state index is 0.184. The highest BCUT2D eigenvalue weighted by molar-refractivity contribution is 6.09. The summed E-state index contributed by atoms with van der Waals surface area (Å²) in [5.41, 5.74) is 1.99. The Morgan fingerprint density at radius 2 is 1.77 bits per heavy atom. The number of hydrogen-bond acceptors (Lipinski definition) is 4. The van der Waals surface area contributed by atoms with Crippen molar-refractivity contribution in [2.75, 3.05) is 18.4 Å². The molecule has 0 atom stereocenters. The van der Waals surface area contributed by atoms with E-state index in [0.29, 0.717) is 24.3 Å². The summed E-state index contributed by atoms with van der Waals surface area (Å²) < 4.78 is 0. The minimum Gasteiger partial charge on any atom is -0.338 e. The minimum atomic E-state index is -0.306. The molecule has 0 saturated heterocycles. The van der Waals surface area contributed by atoms with E-state index in [1.54, 1.807) is 23.2 Å². The summed E-state index contributed by atoms with van der Waals surface area (Å²) in [5, 5.41) is 3.81. The lowest BCUT2D eigenvalue weighted by atomic mass is 10.1. The number of aromatic nitrogens is 2. The molecule has 0 saturated carbocycles. The van der Waals surface area contributed by atoms with Crippen LogP contribution in [0.4, 0.5) is 5.69 Å². The maximum absolute atomic E-state index is 12.6. The van der Waals surface area contributed by atoms with Crippen LogP contribution in [-0.2, 0) is 0 Å². The van der Waals surface area contributed by atoms with Gasteiger partial charge in [-0.25, -0.2) is 0 Å². The van der Waals surface area contributed by atoms with Gasteiger partial charge in [0.2, 0.25) is 0 Å². The number of carbonyl (C=O) groups is 2. The third-order valence-electron chi connectivity index (χ3n) is 4.17. The first-order chi connectivity index (χ1) is 12.6. The molecule has 3 aromatic rings. The second-order valence-corrected chi connectivity index (χ2v) is 5.74. The molecule has 2 amide bonds. The third-order valence-corrected chi connectivity index (χ3v) is 4.17. The summed E-state index contributed by atoms with van der Waals surface area (Å²) in [6.45, 7) is 5.00. The first-order valence-electron chi connectivity index (χ1n) is 8.54. The molecule has 0 unspecified atom stereocenters. The summed E-state index contributed by atoms with van der Waals surface area (Å²) in [5.74, 6) is -0.490. The van der Waals surface area contributed by atoms with Crippen LogP contribution in [0, 0.1) is 0 Å². The summed E-state index contributed by atoms with van der Waals surface area (Å²) >= 11 is 0. The molecule has 1 aromatic carbocycles. The van der Waals surface area contributed by atoms with Crippen LogP contribution >= 0.6 is 0 Å². The average Bonchev–Trinajstić information content (AvgIpc) is 2.69. The zero-order valence-electron chi connectivity index (χ0n) is 14.8. The number of rotatable bonds is 5. The van der Waals surface area contributed by atoms with Gasteiger partial charge in [-0.15, -0.1) is 0 Å². The first-order valence-corrected chi connectivity index (χ1v) is 8.54. The number of para-hydroxylation sites is 1. The molecule has 0 fully saturated rings. The molecule has 0 bridgehead atoms. The van der Waals surface area contributed by atoms with Crippen molar-refractivity contribution < 1.29 is 9.59 Å². The lowest BCUT2D eigenvalue weighted by Gasteiger charge is -2.18. The van der Waals surface area contributed by atoms with Crippen LogP contribution < -0.4 is 5.32 Å². The number of fused-ring (bicyclic) bond motifs is 1. The lowest BCUT2D eigenvalue weighted by Crippen LogP contribution is -2.31. The second kappa shape index (κ2) is 7.74. The number of hydrogen-bond donors (Lipinski definition) is 1. The normalized spacial score (nSPS) is 10.5. The number of amides is 2. The molecular weight excluding hydrogens is 328 g/mol. The molecule has 0 aliphatic heterocycles. The monoisotopic (exact) mass is 348 g/mol. The van der Waals surface area contributed by atoms with E-state index in [-0.39, 0.29) is 17.5 Å². The molecule has 0 radical (unpaired) electrons. The van der Waals surface area contributed by atoms with Gasteiger partial charge in [0.05, 0.1) is 11.2 Å². The quantitative estimate of drug-likeness (QED) is 0.767. The Kier molecular flexibility index (Phi) is 5.22. The zero-order chi connectivity index (χ0) is 18.5. The van der Waals surface area contributed by atoms with Crippen molar-refractivity contribution in [3.63, 3.8) is 0 Å². The fourth-order valence-electron chi connectivity index (χ4n) is 2.76. The van der Waals surface area contributed by atoms with Crippen molar-refractivity contribution in [3.05, 3.63) is 66.1 Å². The van der Waals surface area contributed by atoms with Crippen LogP contribution in [0.3, 0.4) is 0 Å². The topological polar surface area (TPSA) is 75.2 Å². The number of anilines is 1. The number of pyridine rings is 2. The Balaban J connectivity index is 1.86. The molecule has 6 heteroatoms. The molecule has 0 aliphatic carbocycles. The van der Waals surface area contributed by atoms with Gasteiger partial charge in [-0.1, -0.05) is 18.2 Å². The van der Waals surface area contributed by atoms with Crippen LogP contribution in [0.25, 0.3) is 10.9 Å². The first kappa shape index (κ1) is 17.5. The zero-order valence-corrected chi connectivity index (χ0v) is 14.8. The Hall–Kier alpha value is -3.28. The van der Waals surface area contributed by atoms with E-state index in [2.05, 4.69) is 15.3 Å². The molecule has 26 heavy (non-hydrogen) atoms. The van der Waals surface area contributed by atoms with Crippen molar-refractivity contribution in [2.24, 2.45) is 0 Å². The molecule has 3 rings (SSSR count). The van der Waals surface area contributed by atoms with Crippen molar-refractivity contribution in [3.8, 4) is 0 Å². The molecule has 0 aliphatic rings. The largest absolute Gasteiger partial charge is 0.338 e. The van der Waals surface area contributed by atoms with Crippen molar-refractivity contribution >= 4 is 28.4 Å². The van der Waals surface area contributed by atoms with E-state index in [0.717, 1.165) is 10.9 Å². The van der Waals surface area contributed by atoms with E-state index in [9.17, 15) is 9.59 Å². The Morgan fingerprint density at radius 1 is 1.00 bits per heavy atom. The van der Waals surface area contributed by atoms with Gasteiger partial charge >= 0.3 is 0 Å². The third kappa shape index (κ3) is 3.54. The molecule has 132 valence electrons. The van der Waals surface area contributed by atoms with Crippen LogP contribution in [-0.4, -0.2) is 39.8 Å². The van der Waals surface area contributed by atoms with Gasteiger partial charge in [0, 0.05) is 36.4 Å². The highest BCUT2D eigenvalue weighted by atomic mass is 16.2. The second-order valence-electron chi connectivity index (χ2n) is 5.74. The SMILES string of the molecule is CCN(CC)C(=O)c1cc(C(=O)Nc2cccc3cccnc23)ccn1. The summed E-state index contributed by atoms with van der Waals surface area (Å²) in [7, 11) is 0. The van der Waals surface area contributed by atoms with Crippen molar-refractivity contribution in [1.29, 1.82) is 0 Å². The van der Waals surface area contributed by atoms with E-state index in [4.69, 9.17) is 0 Å². The van der Waals surface area contributed by atoms with E-state index >= 15 is 0 Å². The summed E-state index contributed by atoms with van der Waals surface area (Å²) in [4.78, 5) is 35.2. The molecule has 6 nitrogen and oxygen atoms in total. The van der Waals surface area contributed by atoms with E-state index < -0.39 is 0 Å². The molecule has 2 aromatic heterocycles. The van der Waals surface area contributed by atoms with Crippen LogP contribution in [0.15, 0.2) is 54.9 Å². The smallest absolute Gasteiger partial charge is 0.272 e. The molecule has 0 spiro atoms. The average molecular weight is 348 g/mol. The standard InChI is InChI=1S/C20H20N4O2/c1-3-24(4-2)20(26)17-13-15(10-12-21-17)19(25)23-16-9-5-7-14-8-6-11-22-18(14)16/h5-13H,3-4H2,1-2H3,(H,23,25). The van der Waals surface area contributed by atoms with Crippen LogP contribution in [0.5, 0.6) is 0 Å². The fraction of sp³-hybridized carbons (Fsp3) is 0.200. The van der Waals surface area contributed by atoms with Gasteiger partial charge in [0.15, 0.2) is 0 Å². The highest BCUT2D eigenvalue weighted by Gasteiger charge is 2.16. The number of carbonyl (C=O) groups excluding carboxylic acids is 2.